The second kappa shape index (κ2) is 6.40. The molecule has 0 bridgehead atoms. The van der Waals surface area contributed by atoms with E-state index in [4.69, 9.17) is 5.73 Å². The van der Waals surface area contributed by atoms with Gasteiger partial charge in [-0.15, -0.1) is 10.2 Å². The molecule has 8 nitrogen and oxygen atoms in total. The number of amides is 2. The molecule has 3 aliphatic rings. The Bertz CT molecular complexity index is 675. The zero-order valence-corrected chi connectivity index (χ0v) is 14.7. The van der Waals surface area contributed by atoms with Gasteiger partial charge in [-0.2, -0.15) is 0 Å². The number of rotatable bonds is 3. The molecule has 1 atom stereocenters. The SMILES string of the molecule is Cc1nnc2n1CC(C(N)=O)N(C(=O)C1CN(C3CCCCC3)C1)C2. The van der Waals surface area contributed by atoms with Crippen molar-refractivity contribution in [1.29, 1.82) is 0 Å². The number of nitrogens with two attached hydrogens (primary N) is 1. The number of hydrogen-bond acceptors (Lipinski definition) is 5. The van der Waals surface area contributed by atoms with Gasteiger partial charge in [0.05, 0.1) is 19.0 Å². The molecule has 25 heavy (non-hydrogen) atoms. The highest BCUT2D eigenvalue weighted by Crippen LogP contribution is 2.30. The summed E-state index contributed by atoms with van der Waals surface area (Å²) in [6.07, 6.45) is 6.42. The van der Waals surface area contributed by atoms with Crippen molar-refractivity contribution in [3.63, 3.8) is 0 Å². The van der Waals surface area contributed by atoms with Crippen LogP contribution in [0.15, 0.2) is 0 Å². The summed E-state index contributed by atoms with van der Waals surface area (Å²) >= 11 is 0. The average Bonchev–Trinajstić information content (AvgIpc) is 2.94. The van der Waals surface area contributed by atoms with Gasteiger partial charge in [-0.05, 0) is 19.8 Å². The van der Waals surface area contributed by atoms with Gasteiger partial charge in [-0.25, -0.2) is 0 Å². The Kier molecular flexibility index (Phi) is 4.23. The van der Waals surface area contributed by atoms with Crippen molar-refractivity contribution in [3.8, 4) is 0 Å². The molecule has 1 aromatic rings. The van der Waals surface area contributed by atoms with E-state index in [-0.39, 0.29) is 11.8 Å². The van der Waals surface area contributed by atoms with Gasteiger partial charge in [-0.1, -0.05) is 19.3 Å². The molecule has 2 amide bonds. The Morgan fingerprint density at radius 2 is 1.80 bits per heavy atom. The van der Waals surface area contributed by atoms with Crippen molar-refractivity contribution in [2.45, 2.75) is 64.2 Å². The van der Waals surface area contributed by atoms with E-state index in [0.29, 0.717) is 19.1 Å². The Hall–Kier alpha value is -1.96. The number of likely N-dealkylation sites (tertiary alicyclic amines) is 1. The molecule has 136 valence electrons. The van der Waals surface area contributed by atoms with Crippen LogP contribution < -0.4 is 5.73 Å². The minimum Gasteiger partial charge on any atom is -0.368 e. The van der Waals surface area contributed by atoms with Crippen LogP contribution in [0.3, 0.4) is 0 Å². The molecular weight excluding hydrogens is 320 g/mol. The molecule has 2 N–H and O–H groups in total. The number of aromatic nitrogens is 3. The first-order valence-corrected chi connectivity index (χ1v) is 9.27. The van der Waals surface area contributed by atoms with Gasteiger partial charge in [-0.3, -0.25) is 14.5 Å². The lowest BCUT2D eigenvalue weighted by Gasteiger charge is -2.47. The normalized spacial score (nSPS) is 25.5. The highest BCUT2D eigenvalue weighted by molar-refractivity contribution is 5.88. The topological polar surface area (TPSA) is 97.4 Å². The number of aryl methyl sites for hydroxylation is 1. The van der Waals surface area contributed by atoms with Crippen LogP contribution in [0.25, 0.3) is 0 Å². The fraction of sp³-hybridized carbons (Fsp3) is 0.765. The number of hydrogen-bond donors (Lipinski definition) is 1. The fourth-order valence-electron chi connectivity index (χ4n) is 4.44. The third-order valence-electron chi connectivity index (χ3n) is 6.02. The lowest BCUT2D eigenvalue weighted by Crippen LogP contribution is -2.61. The molecule has 0 radical (unpaired) electrons. The molecule has 4 rings (SSSR count). The third-order valence-corrected chi connectivity index (χ3v) is 6.02. The van der Waals surface area contributed by atoms with Gasteiger partial charge >= 0.3 is 0 Å². The maximum absolute atomic E-state index is 13.0. The number of nitrogens with zero attached hydrogens (tertiary/aromatic N) is 5. The standard InChI is InChI=1S/C17H26N6O2/c1-11-19-20-15-10-23(14(16(18)24)9-22(11)15)17(25)12-7-21(8-12)13-5-3-2-4-6-13/h12-14H,2-10H2,1H3,(H2,18,24). The van der Waals surface area contributed by atoms with Gasteiger partial charge in [0, 0.05) is 19.1 Å². The lowest BCUT2D eigenvalue weighted by molar-refractivity contribution is -0.151. The summed E-state index contributed by atoms with van der Waals surface area (Å²) in [7, 11) is 0. The molecule has 1 saturated heterocycles. The minimum absolute atomic E-state index is 0.0284. The smallest absolute Gasteiger partial charge is 0.242 e. The predicted octanol–water partition coefficient (Wildman–Crippen LogP) is 0.0471. The zero-order chi connectivity index (χ0) is 17.6. The van der Waals surface area contributed by atoms with Crippen LogP contribution in [0.2, 0.25) is 0 Å². The number of fused-ring (bicyclic) bond motifs is 1. The van der Waals surface area contributed by atoms with Crippen molar-refractivity contribution < 1.29 is 9.59 Å². The van der Waals surface area contributed by atoms with Gasteiger partial charge < -0.3 is 15.2 Å². The molecule has 1 unspecified atom stereocenters. The summed E-state index contributed by atoms with van der Waals surface area (Å²) < 4.78 is 1.88. The minimum atomic E-state index is -0.613. The fourth-order valence-corrected chi connectivity index (χ4v) is 4.44. The largest absolute Gasteiger partial charge is 0.368 e. The van der Waals surface area contributed by atoms with Crippen molar-refractivity contribution in [1.82, 2.24) is 24.6 Å². The highest BCUT2D eigenvalue weighted by Gasteiger charge is 2.43. The molecule has 0 aromatic carbocycles. The van der Waals surface area contributed by atoms with Crippen molar-refractivity contribution in [2.24, 2.45) is 11.7 Å². The molecule has 0 spiro atoms. The van der Waals surface area contributed by atoms with Gasteiger partial charge in [0.15, 0.2) is 5.82 Å². The summed E-state index contributed by atoms with van der Waals surface area (Å²) in [6.45, 7) is 4.12. The molecular formula is C17H26N6O2. The molecule has 2 aliphatic heterocycles. The second-order valence-corrected chi connectivity index (χ2v) is 7.60. The quantitative estimate of drug-likeness (QED) is 0.834. The molecule has 1 aromatic heterocycles. The van der Waals surface area contributed by atoms with Crippen molar-refractivity contribution >= 4 is 11.8 Å². The molecule has 1 saturated carbocycles. The first-order chi connectivity index (χ1) is 12.0. The first kappa shape index (κ1) is 16.5. The molecule has 2 fully saturated rings. The zero-order valence-electron chi connectivity index (χ0n) is 14.7. The van der Waals surface area contributed by atoms with Crippen LogP contribution in [0.5, 0.6) is 0 Å². The van der Waals surface area contributed by atoms with E-state index in [2.05, 4.69) is 15.1 Å². The van der Waals surface area contributed by atoms with Gasteiger partial charge in [0.2, 0.25) is 11.8 Å². The van der Waals surface area contributed by atoms with E-state index in [0.717, 1.165) is 24.7 Å². The Morgan fingerprint density at radius 3 is 2.48 bits per heavy atom. The van der Waals surface area contributed by atoms with Gasteiger partial charge in [0.1, 0.15) is 11.9 Å². The van der Waals surface area contributed by atoms with Crippen LogP contribution in [-0.4, -0.2) is 61.6 Å². The molecule has 1 aliphatic carbocycles. The Labute approximate surface area is 147 Å². The monoisotopic (exact) mass is 346 g/mol. The lowest BCUT2D eigenvalue weighted by atomic mass is 9.88. The number of carbonyl (C=O) groups excluding carboxylic acids is 2. The summed E-state index contributed by atoms with van der Waals surface area (Å²) in [5.74, 6) is 1.02. The van der Waals surface area contributed by atoms with E-state index in [1.165, 1.54) is 32.1 Å². The number of primary amides is 1. The van der Waals surface area contributed by atoms with E-state index >= 15 is 0 Å². The van der Waals surface area contributed by atoms with Crippen molar-refractivity contribution in [2.75, 3.05) is 13.1 Å². The maximum Gasteiger partial charge on any atom is 0.242 e. The maximum atomic E-state index is 13.0. The summed E-state index contributed by atoms with van der Waals surface area (Å²) in [5, 5.41) is 8.18. The average molecular weight is 346 g/mol. The number of carbonyl (C=O) groups is 2. The molecule has 3 heterocycles. The van der Waals surface area contributed by atoms with Crippen molar-refractivity contribution in [3.05, 3.63) is 11.6 Å². The van der Waals surface area contributed by atoms with Crippen LogP contribution in [-0.2, 0) is 22.7 Å². The second-order valence-electron chi connectivity index (χ2n) is 7.60. The summed E-state index contributed by atoms with van der Waals surface area (Å²) in [5.41, 5.74) is 5.58. The van der Waals surface area contributed by atoms with Crippen LogP contribution in [0.1, 0.15) is 43.8 Å². The van der Waals surface area contributed by atoms with E-state index in [1.807, 2.05) is 11.5 Å². The van der Waals surface area contributed by atoms with E-state index in [1.54, 1.807) is 4.90 Å². The highest BCUT2D eigenvalue weighted by atomic mass is 16.2. The van der Waals surface area contributed by atoms with E-state index in [9.17, 15) is 9.59 Å². The summed E-state index contributed by atoms with van der Waals surface area (Å²) in [4.78, 5) is 28.9. The summed E-state index contributed by atoms with van der Waals surface area (Å²) in [6, 6.07) is 0.0234. The van der Waals surface area contributed by atoms with Crippen LogP contribution in [0.4, 0.5) is 0 Å². The van der Waals surface area contributed by atoms with Gasteiger partial charge in [0.25, 0.3) is 0 Å². The first-order valence-electron chi connectivity index (χ1n) is 9.27. The van der Waals surface area contributed by atoms with Crippen LogP contribution in [0, 0.1) is 12.8 Å². The van der Waals surface area contributed by atoms with Crippen LogP contribution >= 0.6 is 0 Å². The van der Waals surface area contributed by atoms with E-state index < -0.39 is 11.9 Å². The Balaban J connectivity index is 1.43. The predicted molar refractivity (Wildman–Crippen MR) is 90.2 cm³/mol. The Morgan fingerprint density at radius 1 is 1.08 bits per heavy atom. The third kappa shape index (κ3) is 2.92. The molecule has 8 heteroatoms.